The summed E-state index contributed by atoms with van der Waals surface area (Å²) in [5.41, 5.74) is 7.43. The Morgan fingerprint density at radius 1 is 1.50 bits per heavy atom. The van der Waals surface area contributed by atoms with Crippen molar-refractivity contribution in [3.63, 3.8) is 0 Å². The van der Waals surface area contributed by atoms with E-state index < -0.39 is 0 Å². The van der Waals surface area contributed by atoms with Crippen LogP contribution in [0.3, 0.4) is 0 Å². The van der Waals surface area contributed by atoms with E-state index in [-0.39, 0.29) is 6.04 Å². The standard InChI is InChI=1S/C12H22N4/c1-3-4-9-5-6-11(13)10(7-9)12-8-14-15-16(12)2/h8-11H,3-7,13H2,1-2H3. The Hall–Kier alpha value is -0.900. The molecular formula is C12H22N4. The predicted octanol–water partition coefficient (Wildman–Crippen LogP) is 1.83. The number of nitrogens with zero attached hydrogens (tertiary/aromatic N) is 3. The number of hydrogen-bond acceptors (Lipinski definition) is 3. The molecule has 1 aromatic rings. The van der Waals surface area contributed by atoms with E-state index in [1.165, 1.54) is 31.4 Å². The summed E-state index contributed by atoms with van der Waals surface area (Å²) in [6.45, 7) is 2.26. The Kier molecular flexibility index (Phi) is 3.59. The minimum absolute atomic E-state index is 0.283. The summed E-state index contributed by atoms with van der Waals surface area (Å²) in [4.78, 5) is 0. The van der Waals surface area contributed by atoms with Crippen LogP contribution in [0.5, 0.6) is 0 Å². The normalized spacial score (nSPS) is 30.6. The molecule has 1 heterocycles. The summed E-state index contributed by atoms with van der Waals surface area (Å²) in [6.07, 6.45) is 8.11. The van der Waals surface area contributed by atoms with Crippen molar-refractivity contribution in [3.05, 3.63) is 11.9 Å². The highest BCUT2D eigenvalue weighted by Crippen LogP contribution is 2.36. The highest BCUT2D eigenvalue weighted by Gasteiger charge is 2.30. The molecule has 3 atom stereocenters. The maximum absolute atomic E-state index is 6.23. The van der Waals surface area contributed by atoms with Crippen molar-refractivity contribution < 1.29 is 0 Å². The summed E-state index contributed by atoms with van der Waals surface area (Å²) < 4.78 is 1.87. The SMILES string of the molecule is CCCC1CCC(N)C(c2cnnn2C)C1. The van der Waals surface area contributed by atoms with E-state index in [9.17, 15) is 0 Å². The Balaban J connectivity index is 2.10. The quantitative estimate of drug-likeness (QED) is 0.848. The molecule has 1 aromatic heterocycles. The third kappa shape index (κ3) is 2.26. The van der Waals surface area contributed by atoms with Crippen LogP contribution >= 0.6 is 0 Å². The number of hydrogen-bond donors (Lipinski definition) is 1. The predicted molar refractivity (Wildman–Crippen MR) is 64.0 cm³/mol. The van der Waals surface area contributed by atoms with Crippen molar-refractivity contribution in [1.82, 2.24) is 15.0 Å². The first kappa shape index (κ1) is 11.6. The fraction of sp³-hybridized carbons (Fsp3) is 0.833. The van der Waals surface area contributed by atoms with Gasteiger partial charge in [-0.25, -0.2) is 0 Å². The average molecular weight is 222 g/mol. The first-order valence-corrected chi connectivity index (χ1v) is 6.32. The first-order valence-electron chi connectivity index (χ1n) is 6.32. The number of aromatic nitrogens is 3. The van der Waals surface area contributed by atoms with Gasteiger partial charge < -0.3 is 5.73 Å². The maximum atomic E-state index is 6.23. The van der Waals surface area contributed by atoms with Crippen LogP contribution in [0, 0.1) is 5.92 Å². The highest BCUT2D eigenvalue weighted by molar-refractivity contribution is 5.09. The van der Waals surface area contributed by atoms with Crippen LogP contribution < -0.4 is 5.73 Å². The molecule has 3 unspecified atom stereocenters. The lowest BCUT2D eigenvalue weighted by atomic mass is 9.75. The van der Waals surface area contributed by atoms with Gasteiger partial charge in [-0.2, -0.15) is 0 Å². The zero-order valence-corrected chi connectivity index (χ0v) is 10.3. The molecule has 4 heteroatoms. The van der Waals surface area contributed by atoms with Gasteiger partial charge >= 0.3 is 0 Å². The molecular weight excluding hydrogens is 200 g/mol. The van der Waals surface area contributed by atoms with Gasteiger partial charge in [0.15, 0.2) is 0 Å². The van der Waals surface area contributed by atoms with E-state index >= 15 is 0 Å². The van der Waals surface area contributed by atoms with Crippen LogP contribution in [0.1, 0.15) is 50.6 Å². The summed E-state index contributed by atoms with van der Waals surface area (Å²) in [5, 5.41) is 7.97. The van der Waals surface area contributed by atoms with Crippen molar-refractivity contribution in [1.29, 1.82) is 0 Å². The minimum atomic E-state index is 0.283. The van der Waals surface area contributed by atoms with Crippen LogP contribution in [-0.4, -0.2) is 21.0 Å². The maximum Gasteiger partial charge on any atom is 0.0728 e. The molecule has 90 valence electrons. The molecule has 1 saturated carbocycles. The van der Waals surface area contributed by atoms with Crippen molar-refractivity contribution in [2.24, 2.45) is 18.7 Å². The van der Waals surface area contributed by atoms with Gasteiger partial charge in [0.2, 0.25) is 0 Å². The van der Waals surface area contributed by atoms with Gasteiger partial charge in [-0.15, -0.1) is 5.10 Å². The monoisotopic (exact) mass is 222 g/mol. The van der Waals surface area contributed by atoms with Gasteiger partial charge in [0.05, 0.1) is 11.9 Å². The van der Waals surface area contributed by atoms with Crippen LogP contribution in [0.15, 0.2) is 6.20 Å². The molecule has 16 heavy (non-hydrogen) atoms. The van der Waals surface area contributed by atoms with Gasteiger partial charge in [-0.1, -0.05) is 25.0 Å². The van der Waals surface area contributed by atoms with E-state index in [1.807, 2.05) is 17.9 Å². The third-order valence-electron chi connectivity index (χ3n) is 3.84. The molecule has 1 fully saturated rings. The number of rotatable bonds is 3. The Bertz CT molecular complexity index is 334. The molecule has 0 radical (unpaired) electrons. The van der Waals surface area contributed by atoms with Crippen molar-refractivity contribution >= 4 is 0 Å². The van der Waals surface area contributed by atoms with Crippen molar-refractivity contribution in [3.8, 4) is 0 Å². The van der Waals surface area contributed by atoms with Crippen LogP contribution in [0.2, 0.25) is 0 Å². The second-order valence-corrected chi connectivity index (χ2v) is 5.02. The summed E-state index contributed by atoms with van der Waals surface area (Å²) in [5.74, 6) is 1.29. The van der Waals surface area contributed by atoms with E-state index in [4.69, 9.17) is 5.73 Å². The van der Waals surface area contributed by atoms with E-state index in [0.717, 1.165) is 12.3 Å². The second-order valence-electron chi connectivity index (χ2n) is 5.02. The molecule has 2 N–H and O–H groups in total. The largest absolute Gasteiger partial charge is 0.327 e. The van der Waals surface area contributed by atoms with Crippen LogP contribution in [-0.2, 0) is 7.05 Å². The fourth-order valence-electron chi connectivity index (χ4n) is 2.92. The minimum Gasteiger partial charge on any atom is -0.327 e. The van der Waals surface area contributed by atoms with Crippen molar-refractivity contribution in [2.45, 2.75) is 51.0 Å². The first-order chi connectivity index (χ1) is 7.72. The molecule has 0 aromatic carbocycles. The van der Waals surface area contributed by atoms with Gasteiger partial charge in [0.1, 0.15) is 0 Å². The highest BCUT2D eigenvalue weighted by atomic mass is 15.4. The molecule has 2 rings (SSSR count). The Morgan fingerprint density at radius 2 is 2.31 bits per heavy atom. The lowest BCUT2D eigenvalue weighted by Gasteiger charge is -2.33. The lowest BCUT2D eigenvalue weighted by Crippen LogP contribution is -2.35. The molecule has 1 aliphatic rings. The van der Waals surface area contributed by atoms with Gasteiger partial charge in [-0.05, 0) is 25.2 Å². The fourth-order valence-corrected chi connectivity index (χ4v) is 2.92. The Labute approximate surface area is 97.2 Å². The van der Waals surface area contributed by atoms with Crippen LogP contribution in [0.4, 0.5) is 0 Å². The van der Waals surface area contributed by atoms with E-state index in [1.54, 1.807) is 0 Å². The molecule has 1 aliphatic carbocycles. The van der Waals surface area contributed by atoms with Crippen LogP contribution in [0.25, 0.3) is 0 Å². The zero-order chi connectivity index (χ0) is 11.5. The van der Waals surface area contributed by atoms with Crippen molar-refractivity contribution in [2.75, 3.05) is 0 Å². The molecule has 0 aliphatic heterocycles. The molecule has 0 amide bonds. The van der Waals surface area contributed by atoms with Gasteiger partial charge in [0, 0.05) is 19.0 Å². The van der Waals surface area contributed by atoms with Gasteiger partial charge in [0.25, 0.3) is 0 Å². The summed E-state index contributed by atoms with van der Waals surface area (Å²) in [7, 11) is 1.96. The smallest absolute Gasteiger partial charge is 0.0728 e. The Morgan fingerprint density at radius 3 is 2.94 bits per heavy atom. The van der Waals surface area contributed by atoms with Gasteiger partial charge in [-0.3, -0.25) is 4.68 Å². The van der Waals surface area contributed by atoms with E-state index in [2.05, 4.69) is 17.2 Å². The van der Waals surface area contributed by atoms with E-state index in [0.29, 0.717) is 5.92 Å². The number of aryl methyl sites for hydroxylation is 1. The molecule has 0 spiro atoms. The average Bonchev–Trinajstić information content (AvgIpc) is 2.68. The molecule has 0 bridgehead atoms. The summed E-state index contributed by atoms with van der Waals surface area (Å²) >= 11 is 0. The molecule has 4 nitrogen and oxygen atoms in total. The topological polar surface area (TPSA) is 56.7 Å². The lowest BCUT2D eigenvalue weighted by molar-refractivity contribution is 0.267. The third-order valence-corrected chi connectivity index (χ3v) is 3.84. The summed E-state index contributed by atoms with van der Waals surface area (Å²) in [6, 6.07) is 0.283. The number of nitrogens with two attached hydrogens (primary N) is 1. The zero-order valence-electron chi connectivity index (χ0n) is 10.3. The molecule has 0 saturated heterocycles. The second kappa shape index (κ2) is 4.95.